The molecule has 144 valence electrons. The molecule has 0 atom stereocenters. The number of pyridine rings is 1. The van der Waals surface area contributed by atoms with Gasteiger partial charge in [-0.05, 0) is 58.0 Å². The first-order valence-electron chi connectivity index (χ1n) is 8.77. The first kappa shape index (κ1) is 19.8. The van der Waals surface area contributed by atoms with Crippen LogP contribution in [0.4, 0.5) is 0 Å². The molecular weight excluding hydrogens is 374 g/mol. The molecular formula is C23H22ClNO3. The van der Waals surface area contributed by atoms with Crippen LogP contribution in [0.25, 0.3) is 21.5 Å². The third kappa shape index (κ3) is 3.69. The molecule has 0 aliphatic heterocycles. The van der Waals surface area contributed by atoms with Gasteiger partial charge >= 0.3 is 0 Å². The molecule has 5 heteroatoms. The van der Waals surface area contributed by atoms with Gasteiger partial charge in [0.15, 0.2) is 11.5 Å². The number of methoxy groups -OCH3 is 3. The van der Waals surface area contributed by atoms with Crippen LogP contribution >= 0.6 is 12.4 Å². The largest absolute Gasteiger partial charge is 0.497 e. The number of ether oxygens (including phenoxy) is 3. The van der Waals surface area contributed by atoms with Crippen molar-refractivity contribution >= 4 is 34.0 Å². The Labute approximate surface area is 170 Å². The van der Waals surface area contributed by atoms with Crippen LogP contribution in [0.5, 0.6) is 17.2 Å². The normalized spacial score (nSPS) is 10.5. The molecule has 1 heterocycles. The van der Waals surface area contributed by atoms with Crippen molar-refractivity contribution in [2.75, 3.05) is 21.3 Å². The van der Waals surface area contributed by atoms with Gasteiger partial charge in [-0.15, -0.1) is 12.4 Å². The molecule has 0 saturated carbocycles. The Bertz CT molecular complexity index is 1130. The molecule has 1 aromatic heterocycles. The van der Waals surface area contributed by atoms with E-state index in [-0.39, 0.29) is 12.4 Å². The van der Waals surface area contributed by atoms with Crippen LogP contribution in [0.3, 0.4) is 0 Å². The third-order valence-electron chi connectivity index (χ3n) is 4.85. The molecule has 0 fully saturated rings. The van der Waals surface area contributed by atoms with Gasteiger partial charge in [-0.2, -0.15) is 0 Å². The highest BCUT2D eigenvalue weighted by Gasteiger charge is 2.10. The standard InChI is InChI=1S/C23H21NO3.ClH/c1-25-20-7-6-16-8-15(4-5-17(16)10-20)9-18-13-24-14-19-11-22(26-2)23(27-3)12-21(18)19;/h4-8,10-14H,9H2,1-3H3;1H. The Morgan fingerprint density at radius 3 is 2.18 bits per heavy atom. The van der Waals surface area contributed by atoms with Crippen molar-refractivity contribution in [2.24, 2.45) is 0 Å². The van der Waals surface area contributed by atoms with E-state index in [1.807, 2.05) is 30.6 Å². The SMILES string of the molecule is COc1ccc2cc(Cc3cncc4cc(OC)c(OC)cc34)ccc2c1.Cl. The van der Waals surface area contributed by atoms with E-state index >= 15 is 0 Å². The number of hydrogen-bond acceptors (Lipinski definition) is 4. The van der Waals surface area contributed by atoms with Crippen LogP contribution in [0, 0.1) is 0 Å². The molecule has 0 radical (unpaired) electrons. The molecule has 0 aliphatic rings. The van der Waals surface area contributed by atoms with Crippen molar-refractivity contribution in [1.29, 1.82) is 0 Å². The number of benzene rings is 3. The van der Waals surface area contributed by atoms with Gasteiger partial charge in [0.1, 0.15) is 5.75 Å². The molecule has 0 amide bonds. The Morgan fingerprint density at radius 1 is 0.714 bits per heavy atom. The number of fused-ring (bicyclic) bond motifs is 2. The zero-order valence-electron chi connectivity index (χ0n) is 16.1. The van der Waals surface area contributed by atoms with Crippen molar-refractivity contribution in [1.82, 2.24) is 4.98 Å². The molecule has 0 saturated heterocycles. The highest BCUT2D eigenvalue weighted by Crippen LogP contribution is 2.34. The van der Waals surface area contributed by atoms with Gasteiger partial charge in [0.25, 0.3) is 0 Å². The van der Waals surface area contributed by atoms with Gasteiger partial charge in [-0.3, -0.25) is 4.98 Å². The van der Waals surface area contributed by atoms with Gasteiger partial charge in [0.05, 0.1) is 21.3 Å². The van der Waals surface area contributed by atoms with Crippen molar-refractivity contribution in [3.8, 4) is 17.2 Å². The maximum Gasteiger partial charge on any atom is 0.161 e. The summed E-state index contributed by atoms with van der Waals surface area (Å²) in [6.45, 7) is 0. The molecule has 0 spiro atoms. The summed E-state index contributed by atoms with van der Waals surface area (Å²) in [4.78, 5) is 4.41. The fourth-order valence-electron chi connectivity index (χ4n) is 3.43. The number of hydrogen-bond donors (Lipinski definition) is 0. The average molecular weight is 396 g/mol. The van der Waals surface area contributed by atoms with Crippen molar-refractivity contribution < 1.29 is 14.2 Å². The highest BCUT2D eigenvalue weighted by atomic mass is 35.5. The molecule has 4 aromatic rings. The quantitative estimate of drug-likeness (QED) is 0.452. The van der Waals surface area contributed by atoms with Crippen molar-refractivity contribution in [3.05, 3.63) is 72.1 Å². The predicted octanol–water partition coefficient (Wildman–Crippen LogP) is 5.43. The molecule has 0 aliphatic carbocycles. The molecule has 0 N–H and O–H groups in total. The Balaban J connectivity index is 0.00000225. The first-order valence-corrected chi connectivity index (χ1v) is 8.77. The van der Waals surface area contributed by atoms with Gasteiger partial charge in [0.2, 0.25) is 0 Å². The van der Waals surface area contributed by atoms with Crippen LogP contribution in [-0.2, 0) is 6.42 Å². The molecule has 0 bridgehead atoms. The Hall–Kier alpha value is -2.98. The summed E-state index contributed by atoms with van der Waals surface area (Å²) < 4.78 is 16.2. The lowest BCUT2D eigenvalue weighted by atomic mass is 9.98. The highest BCUT2D eigenvalue weighted by molar-refractivity contribution is 5.89. The van der Waals surface area contributed by atoms with E-state index in [1.54, 1.807) is 21.3 Å². The summed E-state index contributed by atoms with van der Waals surface area (Å²) in [5.74, 6) is 2.31. The zero-order valence-corrected chi connectivity index (χ0v) is 16.9. The minimum atomic E-state index is 0. The van der Waals surface area contributed by atoms with Gasteiger partial charge in [0, 0.05) is 17.8 Å². The summed E-state index contributed by atoms with van der Waals surface area (Å²) >= 11 is 0. The van der Waals surface area contributed by atoms with Crippen LogP contribution in [0.2, 0.25) is 0 Å². The topological polar surface area (TPSA) is 40.6 Å². The second-order valence-electron chi connectivity index (χ2n) is 6.45. The predicted molar refractivity (Wildman–Crippen MR) is 115 cm³/mol. The van der Waals surface area contributed by atoms with E-state index in [9.17, 15) is 0 Å². The van der Waals surface area contributed by atoms with Crippen LogP contribution in [0.1, 0.15) is 11.1 Å². The second-order valence-corrected chi connectivity index (χ2v) is 6.45. The second kappa shape index (κ2) is 8.36. The monoisotopic (exact) mass is 395 g/mol. The van der Waals surface area contributed by atoms with Crippen molar-refractivity contribution in [3.63, 3.8) is 0 Å². The van der Waals surface area contributed by atoms with E-state index in [4.69, 9.17) is 14.2 Å². The third-order valence-corrected chi connectivity index (χ3v) is 4.85. The van der Waals surface area contributed by atoms with Crippen LogP contribution < -0.4 is 14.2 Å². The van der Waals surface area contributed by atoms with Gasteiger partial charge in [-0.1, -0.05) is 24.3 Å². The lowest BCUT2D eigenvalue weighted by Crippen LogP contribution is -1.95. The molecule has 3 aromatic carbocycles. The lowest BCUT2D eigenvalue weighted by molar-refractivity contribution is 0.356. The maximum absolute atomic E-state index is 5.47. The number of halogens is 1. The summed E-state index contributed by atoms with van der Waals surface area (Å²) in [5.41, 5.74) is 2.39. The summed E-state index contributed by atoms with van der Waals surface area (Å²) in [7, 11) is 4.99. The fourth-order valence-corrected chi connectivity index (χ4v) is 3.43. The molecule has 28 heavy (non-hydrogen) atoms. The van der Waals surface area contributed by atoms with E-state index < -0.39 is 0 Å². The van der Waals surface area contributed by atoms with E-state index in [2.05, 4.69) is 35.3 Å². The summed E-state index contributed by atoms with van der Waals surface area (Å²) in [5, 5.41) is 4.52. The minimum absolute atomic E-state index is 0. The van der Waals surface area contributed by atoms with Gasteiger partial charge < -0.3 is 14.2 Å². The van der Waals surface area contributed by atoms with E-state index in [0.29, 0.717) is 5.75 Å². The molecule has 4 rings (SSSR count). The fraction of sp³-hybridized carbons (Fsp3) is 0.174. The van der Waals surface area contributed by atoms with Crippen molar-refractivity contribution in [2.45, 2.75) is 6.42 Å². The summed E-state index contributed by atoms with van der Waals surface area (Å²) in [6.07, 6.45) is 4.57. The van der Waals surface area contributed by atoms with Crippen LogP contribution in [0.15, 0.2) is 60.9 Å². The van der Waals surface area contributed by atoms with Crippen LogP contribution in [-0.4, -0.2) is 26.3 Å². The van der Waals surface area contributed by atoms with Gasteiger partial charge in [-0.25, -0.2) is 0 Å². The minimum Gasteiger partial charge on any atom is -0.497 e. The Kier molecular flexibility index (Phi) is 5.90. The Morgan fingerprint density at radius 2 is 1.43 bits per heavy atom. The number of nitrogens with zero attached hydrogens (tertiary/aromatic N) is 1. The summed E-state index contributed by atoms with van der Waals surface area (Å²) in [6, 6.07) is 16.6. The van der Waals surface area contributed by atoms with E-state index in [0.717, 1.165) is 34.3 Å². The van der Waals surface area contributed by atoms with E-state index in [1.165, 1.54) is 16.3 Å². The maximum atomic E-state index is 5.47. The number of rotatable bonds is 5. The lowest BCUT2D eigenvalue weighted by Gasteiger charge is -2.12. The smallest absolute Gasteiger partial charge is 0.161 e. The molecule has 0 unspecified atom stereocenters. The molecule has 4 nitrogen and oxygen atoms in total. The average Bonchev–Trinajstić information content (AvgIpc) is 2.72. The first-order chi connectivity index (χ1) is 13.2. The zero-order chi connectivity index (χ0) is 18.8. The number of aromatic nitrogens is 1.